The van der Waals surface area contributed by atoms with E-state index in [4.69, 9.17) is 0 Å². The lowest BCUT2D eigenvalue weighted by Crippen LogP contribution is -2.43. The molecule has 16 heavy (non-hydrogen) atoms. The summed E-state index contributed by atoms with van der Waals surface area (Å²) in [4.78, 5) is 1.50. The van der Waals surface area contributed by atoms with Crippen LogP contribution < -0.4 is 5.32 Å². The van der Waals surface area contributed by atoms with Crippen LogP contribution in [0.2, 0.25) is 0 Å². The Labute approximate surface area is 96.6 Å². The minimum absolute atomic E-state index is 0.389. The molecule has 0 aliphatic heterocycles. The molecule has 1 aliphatic carbocycles. The second-order valence-corrected chi connectivity index (χ2v) is 5.36. The summed E-state index contributed by atoms with van der Waals surface area (Å²) in [6, 6.07) is 0.574. The zero-order valence-corrected chi connectivity index (χ0v) is 10.4. The molecule has 0 radical (unpaired) electrons. The lowest BCUT2D eigenvalue weighted by atomic mass is 9.73. The van der Waals surface area contributed by atoms with E-state index >= 15 is 0 Å². The smallest absolute Gasteiger partial charge is 0.188 e. The summed E-state index contributed by atoms with van der Waals surface area (Å²) >= 11 is 0. The molecule has 5 heteroatoms. The predicted octanol–water partition coefficient (Wildman–Crippen LogP) is 1.27. The van der Waals surface area contributed by atoms with E-state index < -0.39 is 0 Å². The Morgan fingerprint density at radius 3 is 2.88 bits per heavy atom. The third kappa shape index (κ3) is 2.58. The fourth-order valence-corrected chi connectivity index (χ4v) is 2.48. The molecule has 1 unspecified atom stereocenters. The van der Waals surface area contributed by atoms with E-state index in [1.807, 2.05) is 0 Å². The minimum Gasteiger partial charge on any atom is -0.306 e. The third-order valence-corrected chi connectivity index (χ3v) is 3.56. The number of aromatic nitrogens is 4. The van der Waals surface area contributed by atoms with Gasteiger partial charge in [-0.3, -0.25) is 0 Å². The molecular weight excluding hydrogens is 202 g/mol. The zero-order valence-electron chi connectivity index (χ0n) is 10.4. The summed E-state index contributed by atoms with van der Waals surface area (Å²) < 4.78 is 0. The van der Waals surface area contributed by atoms with Crippen molar-refractivity contribution in [3.8, 4) is 0 Å². The molecule has 1 aromatic heterocycles. The highest BCUT2D eigenvalue weighted by Crippen LogP contribution is 2.35. The van der Waals surface area contributed by atoms with E-state index in [0.717, 1.165) is 12.4 Å². The normalized spacial score (nSPS) is 24.6. The van der Waals surface area contributed by atoms with Crippen LogP contribution in [0.3, 0.4) is 0 Å². The van der Waals surface area contributed by atoms with Crippen LogP contribution in [-0.2, 0) is 13.6 Å². The average molecular weight is 223 g/mol. The maximum Gasteiger partial charge on any atom is 0.188 e. The molecule has 1 atom stereocenters. The summed E-state index contributed by atoms with van der Waals surface area (Å²) in [6.07, 6.45) is 5.25. The van der Waals surface area contributed by atoms with E-state index in [0.29, 0.717) is 11.5 Å². The first-order valence-corrected chi connectivity index (χ1v) is 6.04. The van der Waals surface area contributed by atoms with E-state index in [2.05, 4.69) is 34.6 Å². The van der Waals surface area contributed by atoms with Gasteiger partial charge in [0.15, 0.2) is 5.82 Å². The van der Waals surface area contributed by atoms with Gasteiger partial charge in [-0.05, 0) is 23.5 Å². The van der Waals surface area contributed by atoms with Crippen LogP contribution in [0.25, 0.3) is 0 Å². The number of nitrogens with one attached hydrogen (secondary N) is 1. The molecule has 1 aromatic rings. The number of rotatable bonds is 3. The van der Waals surface area contributed by atoms with Gasteiger partial charge in [-0.1, -0.05) is 26.7 Å². The van der Waals surface area contributed by atoms with Crippen molar-refractivity contribution in [1.82, 2.24) is 25.5 Å². The largest absolute Gasteiger partial charge is 0.306 e. The van der Waals surface area contributed by atoms with Crippen molar-refractivity contribution in [2.45, 2.75) is 52.1 Å². The first-order valence-electron chi connectivity index (χ1n) is 6.04. The van der Waals surface area contributed by atoms with Crippen LogP contribution in [0.4, 0.5) is 0 Å². The van der Waals surface area contributed by atoms with Gasteiger partial charge >= 0.3 is 0 Å². The van der Waals surface area contributed by atoms with Gasteiger partial charge in [-0.15, -0.1) is 10.2 Å². The molecule has 0 spiro atoms. The van der Waals surface area contributed by atoms with Gasteiger partial charge in [0, 0.05) is 6.04 Å². The molecule has 0 bridgehead atoms. The van der Waals surface area contributed by atoms with Crippen LogP contribution in [0.5, 0.6) is 0 Å². The standard InChI is InChI=1S/C11H21N5/c1-11(2)7-5-4-6-9(11)12-8-10-13-15-16(3)14-10/h9,12H,4-8H2,1-3H3. The van der Waals surface area contributed by atoms with E-state index in [-0.39, 0.29) is 0 Å². The van der Waals surface area contributed by atoms with Crippen molar-refractivity contribution in [2.75, 3.05) is 0 Å². The van der Waals surface area contributed by atoms with Gasteiger partial charge in [0.2, 0.25) is 0 Å². The number of tetrazole rings is 1. The number of nitrogens with zero attached hydrogens (tertiary/aromatic N) is 4. The second kappa shape index (κ2) is 4.49. The fourth-order valence-electron chi connectivity index (χ4n) is 2.48. The van der Waals surface area contributed by atoms with Crippen LogP contribution in [-0.4, -0.2) is 26.2 Å². The highest BCUT2D eigenvalue weighted by Gasteiger charge is 2.31. The predicted molar refractivity (Wildman–Crippen MR) is 61.7 cm³/mol. The molecule has 2 rings (SSSR count). The quantitative estimate of drug-likeness (QED) is 0.838. The molecule has 0 saturated heterocycles. The molecular formula is C11H21N5. The third-order valence-electron chi connectivity index (χ3n) is 3.56. The van der Waals surface area contributed by atoms with Gasteiger partial charge < -0.3 is 5.32 Å². The summed E-state index contributed by atoms with van der Waals surface area (Å²) in [6.45, 7) is 5.41. The molecule has 90 valence electrons. The number of hydrogen-bond donors (Lipinski definition) is 1. The molecule has 0 amide bonds. The second-order valence-electron chi connectivity index (χ2n) is 5.36. The van der Waals surface area contributed by atoms with Crippen molar-refractivity contribution in [1.29, 1.82) is 0 Å². The first kappa shape index (κ1) is 11.5. The molecule has 1 saturated carbocycles. The molecule has 5 nitrogen and oxygen atoms in total. The van der Waals surface area contributed by atoms with E-state index in [1.165, 1.54) is 30.5 Å². The number of aryl methyl sites for hydroxylation is 1. The fraction of sp³-hybridized carbons (Fsp3) is 0.909. The van der Waals surface area contributed by atoms with Gasteiger partial charge in [-0.25, -0.2) is 0 Å². The van der Waals surface area contributed by atoms with Crippen LogP contribution in [0, 0.1) is 5.41 Å². The molecule has 1 fully saturated rings. The van der Waals surface area contributed by atoms with Crippen molar-refractivity contribution in [3.63, 3.8) is 0 Å². The number of hydrogen-bond acceptors (Lipinski definition) is 4. The van der Waals surface area contributed by atoms with E-state index in [1.54, 1.807) is 7.05 Å². The Morgan fingerprint density at radius 1 is 1.44 bits per heavy atom. The monoisotopic (exact) mass is 223 g/mol. The Bertz CT molecular complexity index is 344. The molecule has 1 N–H and O–H groups in total. The lowest BCUT2D eigenvalue weighted by molar-refractivity contribution is 0.166. The highest BCUT2D eigenvalue weighted by molar-refractivity contribution is 4.89. The topological polar surface area (TPSA) is 55.6 Å². The summed E-state index contributed by atoms with van der Waals surface area (Å²) in [5.41, 5.74) is 0.389. The van der Waals surface area contributed by atoms with Gasteiger partial charge in [-0.2, -0.15) is 4.80 Å². The van der Waals surface area contributed by atoms with Crippen molar-refractivity contribution in [2.24, 2.45) is 12.5 Å². The van der Waals surface area contributed by atoms with Gasteiger partial charge in [0.1, 0.15) is 0 Å². The SMILES string of the molecule is Cn1nnc(CNC2CCCCC2(C)C)n1. The first-order chi connectivity index (χ1) is 7.58. The lowest BCUT2D eigenvalue weighted by Gasteiger charge is -2.39. The van der Waals surface area contributed by atoms with Crippen molar-refractivity contribution in [3.05, 3.63) is 5.82 Å². The minimum atomic E-state index is 0.389. The zero-order chi connectivity index (χ0) is 11.6. The Balaban J connectivity index is 1.89. The van der Waals surface area contributed by atoms with Crippen LogP contribution in [0.15, 0.2) is 0 Å². The maximum atomic E-state index is 4.17. The van der Waals surface area contributed by atoms with Gasteiger partial charge in [0.05, 0.1) is 13.6 Å². The molecule has 1 aliphatic rings. The van der Waals surface area contributed by atoms with Crippen molar-refractivity contribution >= 4 is 0 Å². The van der Waals surface area contributed by atoms with Gasteiger partial charge in [0.25, 0.3) is 0 Å². The average Bonchev–Trinajstić information content (AvgIpc) is 2.62. The Hall–Kier alpha value is -0.970. The Morgan fingerprint density at radius 2 is 2.25 bits per heavy atom. The van der Waals surface area contributed by atoms with Crippen LogP contribution in [0.1, 0.15) is 45.4 Å². The highest BCUT2D eigenvalue weighted by atomic mass is 15.6. The van der Waals surface area contributed by atoms with Crippen molar-refractivity contribution < 1.29 is 0 Å². The van der Waals surface area contributed by atoms with E-state index in [9.17, 15) is 0 Å². The Kier molecular flexibility index (Phi) is 3.23. The summed E-state index contributed by atoms with van der Waals surface area (Å²) in [5.74, 6) is 0.781. The molecule has 0 aromatic carbocycles. The maximum absolute atomic E-state index is 4.17. The summed E-state index contributed by atoms with van der Waals surface area (Å²) in [7, 11) is 1.79. The molecule has 1 heterocycles. The van der Waals surface area contributed by atoms with Crippen LogP contribution >= 0.6 is 0 Å². The summed E-state index contributed by atoms with van der Waals surface area (Å²) in [5, 5.41) is 15.6.